The van der Waals surface area contributed by atoms with E-state index in [9.17, 15) is 4.79 Å². The lowest BCUT2D eigenvalue weighted by atomic mass is 10.2. The van der Waals surface area contributed by atoms with Gasteiger partial charge in [0.05, 0.1) is 6.42 Å². The molecule has 1 amide bonds. The smallest absolute Gasteiger partial charge is 0.230 e. The molecule has 0 aromatic rings. The van der Waals surface area contributed by atoms with Crippen LogP contribution in [0.5, 0.6) is 0 Å². The minimum atomic E-state index is -0.0975. The van der Waals surface area contributed by atoms with E-state index in [0.717, 1.165) is 0 Å². The van der Waals surface area contributed by atoms with E-state index in [2.05, 4.69) is 5.16 Å². The first-order valence-corrected chi connectivity index (χ1v) is 4.78. The summed E-state index contributed by atoms with van der Waals surface area (Å²) in [5, 5.41) is 11.1. The summed E-state index contributed by atoms with van der Waals surface area (Å²) in [4.78, 5) is 13.2. The van der Waals surface area contributed by atoms with Gasteiger partial charge in [0.25, 0.3) is 0 Å². The van der Waals surface area contributed by atoms with Crippen molar-refractivity contribution in [3.8, 4) is 0 Å². The first kappa shape index (κ1) is 10.8. The van der Waals surface area contributed by atoms with E-state index in [4.69, 9.17) is 10.9 Å². The molecule has 0 heterocycles. The number of rotatable bonds is 4. The fraction of sp³-hybridized carbons (Fsp3) is 0.778. The number of amidine groups is 1. The zero-order valence-electron chi connectivity index (χ0n) is 8.60. The molecule has 80 valence electrons. The van der Waals surface area contributed by atoms with Crippen LogP contribution in [0.2, 0.25) is 0 Å². The molecule has 0 saturated heterocycles. The summed E-state index contributed by atoms with van der Waals surface area (Å²) in [5.41, 5.74) is 5.26. The van der Waals surface area contributed by atoms with Gasteiger partial charge in [-0.05, 0) is 25.7 Å². The Morgan fingerprint density at radius 3 is 2.71 bits per heavy atom. The molecule has 5 heteroatoms. The lowest BCUT2D eigenvalue weighted by Crippen LogP contribution is -2.38. The van der Waals surface area contributed by atoms with Gasteiger partial charge in [0.2, 0.25) is 5.91 Å². The number of nitrogens with zero attached hydrogens (tertiary/aromatic N) is 2. The molecule has 0 spiro atoms. The van der Waals surface area contributed by atoms with Crippen molar-refractivity contribution in [1.29, 1.82) is 0 Å². The second kappa shape index (κ2) is 4.30. The van der Waals surface area contributed by atoms with Gasteiger partial charge >= 0.3 is 0 Å². The molecular formula is C9H17N3O2. The average Bonchev–Trinajstić information content (AvgIpc) is 2.98. The minimum absolute atomic E-state index is 0.00986. The second-order valence-electron chi connectivity index (χ2n) is 3.85. The van der Waals surface area contributed by atoms with E-state index < -0.39 is 0 Å². The summed E-state index contributed by atoms with van der Waals surface area (Å²) in [6.07, 6.45) is 2.38. The molecule has 1 unspecified atom stereocenters. The fourth-order valence-electron chi connectivity index (χ4n) is 1.44. The molecule has 1 atom stereocenters. The van der Waals surface area contributed by atoms with Crippen molar-refractivity contribution in [2.24, 2.45) is 16.8 Å². The van der Waals surface area contributed by atoms with Gasteiger partial charge < -0.3 is 15.8 Å². The molecule has 1 saturated carbocycles. The van der Waals surface area contributed by atoms with Crippen LogP contribution in [0.1, 0.15) is 26.2 Å². The second-order valence-corrected chi connectivity index (χ2v) is 3.85. The first-order valence-electron chi connectivity index (χ1n) is 4.78. The Labute approximate surface area is 83.6 Å². The van der Waals surface area contributed by atoms with Crippen LogP contribution in [0.25, 0.3) is 0 Å². The van der Waals surface area contributed by atoms with E-state index in [1.807, 2.05) is 6.92 Å². The highest BCUT2D eigenvalue weighted by Gasteiger charge is 2.32. The predicted molar refractivity (Wildman–Crippen MR) is 53.0 cm³/mol. The Morgan fingerprint density at radius 2 is 2.29 bits per heavy atom. The number of carbonyl (C=O) groups excluding carboxylic acids is 1. The van der Waals surface area contributed by atoms with Gasteiger partial charge in [-0.15, -0.1) is 0 Å². The van der Waals surface area contributed by atoms with E-state index in [0.29, 0.717) is 5.92 Å². The van der Waals surface area contributed by atoms with Gasteiger partial charge in [0.1, 0.15) is 5.84 Å². The maximum Gasteiger partial charge on any atom is 0.230 e. The van der Waals surface area contributed by atoms with Crippen molar-refractivity contribution in [3.63, 3.8) is 0 Å². The molecule has 1 aliphatic rings. The van der Waals surface area contributed by atoms with Crippen LogP contribution >= 0.6 is 0 Å². The van der Waals surface area contributed by atoms with Crippen molar-refractivity contribution in [1.82, 2.24) is 4.90 Å². The van der Waals surface area contributed by atoms with Crippen LogP contribution in [0, 0.1) is 5.92 Å². The predicted octanol–water partition coefficient (Wildman–Crippen LogP) is 0.380. The Balaban J connectivity index is 2.42. The van der Waals surface area contributed by atoms with E-state index >= 15 is 0 Å². The van der Waals surface area contributed by atoms with Crippen molar-refractivity contribution in [3.05, 3.63) is 0 Å². The first-order chi connectivity index (χ1) is 6.56. The molecule has 0 aliphatic heterocycles. The highest BCUT2D eigenvalue weighted by molar-refractivity contribution is 5.98. The normalized spacial score (nSPS) is 19.1. The maximum absolute atomic E-state index is 11.5. The third-order valence-electron chi connectivity index (χ3n) is 2.77. The number of hydrogen-bond acceptors (Lipinski definition) is 3. The zero-order valence-corrected chi connectivity index (χ0v) is 8.60. The zero-order chi connectivity index (χ0) is 10.7. The topological polar surface area (TPSA) is 78.9 Å². The Kier molecular flexibility index (Phi) is 3.33. The average molecular weight is 199 g/mol. The molecule has 14 heavy (non-hydrogen) atoms. The summed E-state index contributed by atoms with van der Waals surface area (Å²) >= 11 is 0. The highest BCUT2D eigenvalue weighted by atomic mass is 16.4. The van der Waals surface area contributed by atoms with Crippen LogP contribution in [0.4, 0.5) is 0 Å². The van der Waals surface area contributed by atoms with E-state index in [1.54, 1.807) is 11.9 Å². The standard InChI is InChI=1S/C9H17N3O2/c1-6(7-3-4-7)12(2)9(13)5-8(10)11-14/h6-7,14H,3-5H2,1-2H3,(H2,10,11). The lowest BCUT2D eigenvalue weighted by Gasteiger charge is -2.24. The van der Waals surface area contributed by atoms with Gasteiger partial charge in [0.15, 0.2) is 0 Å². The number of hydrogen-bond donors (Lipinski definition) is 2. The van der Waals surface area contributed by atoms with Gasteiger partial charge in [-0.25, -0.2) is 0 Å². The Morgan fingerprint density at radius 1 is 1.71 bits per heavy atom. The highest BCUT2D eigenvalue weighted by Crippen LogP contribution is 2.34. The summed E-state index contributed by atoms with van der Waals surface area (Å²) < 4.78 is 0. The van der Waals surface area contributed by atoms with Gasteiger partial charge in [0, 0.05) is 13.1 Å². The molecule has 0 aromatic carbocycles. The Hall–Kier alpha value is -1.26. The monoisotopic (exact) mass is 199 g/mol. The number of nitrogens with two attached hydrogens (primary N) is 1. The SMILES string of the molecule is CC(C1CC1)N(C)C(=O)C/C(N)=N/O. The minimum Gasteiger partial charge on any atom is -0.409 e. The van der Waals surface area contributed by atoms with E-state index in [-0.39, 0.29) is 24.2 Å². The third-order valence-corrected chi connectivity index (χ3v) is 2.77. The van der Waals surface area contributed by atoms with E-state index in [1.165, 1.54) is 12.8 Å². The molecule has 5 nitrogen and oxygen atoms in total. The van der Waals surface area contributed by atoms with Gasteiger partial charge in [-0.2, -0.15) is 0 Å². The van der Waals surface area contributed by atoms with Crippen LogP contribution in [-0.4, -0.2) is 34.9 Å². The number of amides is 1. The lowest BCUT2D eigenvalue weighted by molar-refractivity contribution is -0.130. The largest absolute Gasteiger partial charge is 0.409 e. The van der Waals surface area contributed by atoms with Gasteiger partial charge in [-0.1, -0.05) is 5.16 Å². The van der Waals surface area contributed by atoms with Crippen molar-refractivity contribution < 1.29 is 10.0 Å². The van der Waals surface area contributed by atoms with Gasteiger partial charge in [-0.3, -0.25) is 4.79 Å². The Bertz CT molecular complexity index is 248. The third kappa shape index (κ3) is 2.61. The number of carbonyl (C=O) groups is 1. The maximum atomic E-state index is 11.5. The summed E-state index contributed by atoms with van der Waals surface area (Å²) in [6, 6.07) is 0.258. The fourth-order valence-corrected chi connectivity index (χ4v) is 1.44. The molecule has 0 aromatic heterocycles. The van der Waals surface area contributed by atoms with Crippen molar-refractivity contribution in [2.45, 2.75) is 32.2 Å². The molecule has 1 aliphatic carbocycles. The summed E-state index contributed by atoms with van der Waals surface area (Å²) in [5.74, 6) is 0.501. The molecule has 0 bridgehead atoms. The summed E-state index contributed by atoms with van der Waals surface area (Å²) in [6.45, 7) is 2.03. The van der Waals surface area contributed by atoms with Crippen molar-refractivity contribution in [2.75, 3.05) is 7.05 Å². The molecule has 1 fully saturated rings. The molecule has 3 N–H and O–H groups in total. The number of oxime groups is 1. The summed E-state index contributed by atoms with van der Waals surface area (Å²) in [7, 11) is 1.76. The van der Waals surface area contributed by atoms with Crippen LogP contribution in [-0.2, 0) is 4.79 Å². The van der Waals surface area contributed by atoms with Crippen LogP contribution in [0.3, 0.4) is 0 Å². The molecule has 1 rings (SSSR count). The van der Waals surface area contributed by atoms with Crippen molar-refractivity contribution >= 4 is 11.7 Å². The van der Waals surface area contributed by atoms with Crippen LogP contribution in [0.15, 0.2) is 5.16 Å². The molecule has 0 radical (unpaired) electrons. The molecular weight excluding hydrogens is 182 g/mol. The quantitative estimate of drug-likeness (QED) is 0.297. The van der Waals surface area contributed by atoms with Crippen LogP contribution < -0.4 is 5.73 Å².